The summed E-state index contributed by atoms with van der Waals surface area (Å²) in [5, 5.41) is 2.70. The Labute approximate surface area is 142 Å². The molecule has 5 nitrogen and oxygen atoms in total. The van der Waals surface area contributed by atoms with Crippen LogP contribution in [0.3, 0.4) is 0 Å². The van der Waals surface area contributed by atoms with Gasteiger partial charge in [-0.1, -0.05) is 18.2 Å². The molecular formula is C16H15IN2O3. The number of hydrogen-bond donors (Lipinski definition) is 1. The number of rotatable bonds is 5. The summed E-state index contributed by atoms with van der Waals surface area (Å²) in [6.07, 6.45) is 3.41. The molecule has 0 spiro atoms. The van der Waals surface area contributed by atoms with Gasteiger partial charge in [-0.15, -0.1) is 0 Å². The lowest BCUT2D eigenvalue weighted by Crippen LogP contribution is -2.43. The number of nitrogens with one attached hydrogen (secondary N) is 1. The summed E-state index contributed by atoms with van der Waals surface area (Å²) in [7, 11) is 1.31. The summed E-state index contributed by atoms with van der Waals surface area (Å²) in [4.78, 5) is 28.0. The Hall–Kier alpha value is -1.96. The van der Waals surface area contributed by atoms with Gasteiger partial charge in [0.25, 0.3) is 5.91 Å². The number of benzene rings is 1. The van der Waals surface area contributed by atoms with Crippen LogP contribution in [0.2, 0.25) is 0 Å². The van der Waals surface area contributed by atoms with Crippen molar-refractivity contribution in [2.45, 2.75) is 12.5 Å². The van der Waals surface area contributed by atoms with Crippen molar-refractivity contribution in [2.24, 2.45) is 0 Å². The average Bonchev–Trinajstić information content (AvgIpc) is 2.56. The second kappa shape index (κ2) is 7.88. The van der Waals surface area contributed by atoms with Crippen molar-refractivity contribution in [3.05, 3.63) is 63.5 Å². The summed E-state index contributed by atoms with van der Waals surface area (Å²) in [6, 6.07) is 10.3. The average molecular weight is 410 g/mol. The standard InChI is InChI=1S/C16H15IN2O3/c1-22-16(21)14(9-11-5-2-3-7-13(11)17)19-15(20)12-6-4-8-18-10-12/h2-8,10,14H,9H2,1H3,(H,19,20)/t14-/m1/s1. The van der Waals surface area contributed by atoms with Crippen molar-refractivity contribution >= 4 is 34.5 Å². The molecule has 22 heavy (non-hydrogen) atoms. The van der Waals surface area contributed by atoms with Gasteiger partial charge in [-0.2, -0.15) is 0 Å². The molecule has 0 aliphatic carbocycles. The van der Waals surface area contributed by atoms with E-state index >= 15 is 0 Å². The SMILES string of the molecule is COC(=O)[C@@H](Cc1ccccc1I)NC(=O)c1cccnc1. The molecule has 0 bridgehead atoms. The van der Waals surface area contributed by atoms with Crippen molar-refractivity contribution in [1.29, 1.82) is 0 Å². The molecule has 2 aromatic rings. The number of ether oxygens (including phenoxy) is 1. The highest BCUT2D eigenvalue weighted by molar-refractivity contribution is 14.1. The minimum Gasteiger partial charge on any atom is -0.467 e. The maximum Gasteiger partial charge on any atom is 0.328 e. The lowest BCUT2D eigenvalue weighted by Gasteiger charge is -2.17. The molecule has 1 atom stereocenters. The van der Waals surface area contributed by atoms with Crippen molar-refractivity contribution < 1.29 is 14.3 Å². The van der Waals surface area contributed by atoms with Gasteiger partial charge in [0, 0.05) is 22.4 Å². The molecular weight excluding hydrogens is 395 g/mol. The predicted octanol–water partition coefficient (Wildman–Crippen LogP) is 2.20. The molecule has 114 valence electrons. The van der Waals surface area contributed by atoms with Crippen molar-refractivity contribution in [2.75, 3.05) is 7.11 Å². The Morgan fingerprint density at radius 3 is 2.68 bits per heavy atom. The first-order chi connectivity index (χ1) is 10.6. The molecule has 1 aromatic carbocycles. The number of halogens is 1. The van der Waals surface area contributed by atoms with Gasteiger partial charge in [-0.05, 0) is 46.4 Å². The van der Waals surface area contributed by atoms with E-state index in [1.54, 1.807) is 18.3 Å². The van der Waals surface area contributed by atoms with Crippen LogP contribution in [0, 0.1) is 3.57 Å². The molecule has 0 saturated heterocycles. The molecule has 1 amide bonds. The highest BCUT2D eigenvalue weighted by Crippen LogP contribution is 2.14. The third-order valence-corrected chi connectivity index (χ3v) is 4.15. The summed E-state index contributed by atoms with van der Waals surface area (Å²) in [5.74, 6) is -0.827. The van der Waals surface area contributed by atoms with Crippen LogP contribution in [0.25, 0.3) is 0 Å². The number of nitrogens with zero attached hydrogens (tertiary/aromatic N) is 1. The van der Waals surface area contributed by atoms with Crippen LogP contribution < -0.4 is 5.32 Å². The fraction of sp³-hybridized carbons (Fsp3) is 0.188. The van der Waals surface area contributed by atoms with Gasteiger partial charge in [-0.3, -0.25) is 9.78 Å². The van der Waals surface area contributed by atoms with Crippen LogP contribution in [-0.4, -0.2) is 30.0 Å². The largest absolute Gasteiger partial charge is 0.467 e. The molecule has 1 heterocycles. The van der Waals surface area contributed by atoms with E-state index in [1.165, 1.54) is 13.3 Å². The summed E-state index contributed by atoms with van der Waals surface area (Å²) >= 11 is 2.20. The van der Waals surface area contributed by atoms with Crippen LogP contribution >= 0.6 is 22.6 Å². The Morgan fingerprint density at radius 1 is 1.27 bits per heavy atom. The van der Waals surface area contributed by atoms with Gasteiger partial charge >= 0.3 is 5.97 Å². The number of carbonyl (C=O) groups excluding carboxylic acids is 2. The zero-order chi connectivity index (χ0) is 15.9. The maximum atomic E-state index is 12.2. The molecule has 1 N–H and O–H groups in total. The van der Waals surface area contributed by atoms with E-state index in [0.717, 1.165) is 9.13 Å². The Balaban J connectivity index is 2.15. The fourth-order valence-corrected chi connectivity index (χ4v) is 2.57. The van der Waals surface area contributed by atoms with Crippen LogP contribution in [0.15, 0.2) is 48.8 Å². The van der Waals surface area contributed by atoms with E-state index < -0.39 is 12.0 Å². The second-order valence-electron chi connectivity index (χ2n) is 4.59. The van der Waals surface area contributed by atoms with Gasteiger partial charge in [0.15, 0.2) is 0 Å². The van der Waals surface area contributed by atoms with Crippen LogP contribution in [0.4, 0.5) is 0 Å². The predicted molar refractivity (Wildman–Crippen MR) is 90.4 cm³/mol. The molecule has 0 aliphatic rings. The molecule has 0 fully saturated rings. The van der Waals surface area contributed by atoms with E-state index in [4.69, 9.17) is 4.74 Å². The van der Waals surface area contributed by atoms with Crippen molar-refractivity contribution in [1.82, 2.24) is 10.3 Å². The number of esters is 1. The number of amides is 1. The van der Waals surface area contributed by atoms with Crippen LogP contribution in [0.5, 0.6) is 0 Å². The van der Waals surface area contributed by atoms with Gasteiger partial charge in [0.1, 0.15) is 6.04 Å². The van der Waals surface area contributed by atoms with E-state index in [9.17, 15) is 9.59 Å². The highest BCUT2D eigenvalue weighted by Gasteiger charge is 2.23. The molecule has 1 aromatic heterocycles. The van der Waals surface area contributed by atoms with E-state index in [2.05, 4.69) is 32.9 Å². The monoisotopic (exact) mass is 410 g/mol. The number of aromatic nitrogens is 1. The first-order valence-corrected chi connectivity index (χ1v) is 7.72. The Bertz CT molecular complexity index is 661. The first-order valence-electron chi connectivity index (χ1n) is 6.64. The third-order valence-electron chi connectivity index (χ3n) is 3.10. The number of pyridine rings is 1. The van der Waals surface area contributed by atoms with Gasteiger partial charge in [-0.25, -0.2) is 4.79 Å². The van der Waals surface area contributed by atoms with Crippen molar-refractivity contribution in [3.8, 4) is 0 Å². The molecule has 0 saturated carbocycles. The molecule has 6 heteroatoms. The maximum absolute atomic E-state index is 12.2. The molecule has 0 radical (unpaired) electrons. The Kier molecular flexibility index (Phi) is 5.88. The smallest absolute Gasteiger partial charge is 0.328 e. The highest BCUT2D eigenvalue weighted by atomic mass is 127. The van der Waals surface area contributed by atoms with Gasteiger partial charge < -0.3 is 10.1 Å². The summed E-state index contributed by atoms with van der Waals surface area (Å²) in [5.41, 5.74) is 1.38. The molecule has 2 rings (SSSR count). The van der Waals surface area contributed by atoms with Gasteiger partial charge in [0.05, 0.1) is 12.7 Å². The summed E-state index contributed by atoms with van der Waals surface area (Å²) < 4.78 is 5.82. The first kappa shape index (κ1) is 16.4. The lowest BCUT2D eigenvalue weighted by molar-refractivity contribution is -0.142. The van der Waals surface area contributed by atoms with E-state index in [-0.39, 0.29) is 5.91 Å². The zero-order valence-electron chi connectivity index (χ0n) is 12.0. The minimum atomic E-state index is -0.742. The third kappa shape index (κ3) is 4.27. The number of hydrogen-bond acceptors (Lipinski definition) is 4. The molecule has 0 unspecified atom stereocenters. The topological polar surface area (TPSA) is 68.3 Å². The molecule has 0 aliphatic heterocycles. The van der Waals surface area contributed by atoms with E-state index in [1.807, 2.05) is 24.3 Å². The van der Waals surface area contributed by atoms with Gasteiger partial charge in [0.2, 0.25) is 0 Å². The van der Waals surface area contributed by atoms with Crippen LogP contribution in [0.1, 0.15) is 15.9 Å². The van der Waals surface area contributed by atoms with E-state index in [0.29, 0.717) is 12.0 Å². The quantitative estimate of drug-likeness (QED) is 0.607. The lowest BCUT2D eigenvalue weighted by atomic mass is 10.1. The zero-order valence-corrected chi connectivity index (χ0v) is 14.1. The fourth-order valence-electron chi connectivity index (χ4n) is 1.96. The number of methoxy groups -OCH3 is 1. The van der Waals surface area contributed by atoms with Crippen LogP contribution in [-0.2, 0) is 16.0 Å². The normalized spacial score (nSPS) is 11.5. The number of carbonyl (C=O) groups is 2. The Morgan fingerprint density at radius 2 is 2.05 bits per heavy atom. The minimum absolute atomic E-state index is 0.352. The van der Waals surface area contributed by atoms with Crippen molar-refractivity contribution in [3.63, 3.8) is 0 Å². The summed E-state index contributed by atoms with van der Waals surface area (Å²) in [6.45, 7) is 0. The second-order valence-corrected chi connectivity index (χ2v) is 5.75.